The second-order valence-corrected chi connectivity index (χ2v) is 5.65. The quantitative estimate of drug-likeness (QED) is 0.815. The van der Waals surface area contributed by atoms with Gasteiger partial charge in [0.2, 0.25) is 6.10 Å². The molecule has 108 valence electrons. The Labute approximate surface area is 125 Å². The number of rotatable bonds is 3. The minimum Gasteiger partial charge on any atom is -0.463 e. The number of hydrogen-bond donors (Lipinski definition) is 0. The number of nitrogens with zero attached hydrogens (tertiary/aromatic N) is 1. The van der Waals surface area contributed by atoms with Crippen LogP contribution in [-0.2, 0) is 14.3 Å². The zero-order chi connectivity index (χ0) is 14.8. The SMILES string of the molecule is Cc1nc(-c2ccccc2)sc1C(=O)O[C@@H]1CCOC1=O. The minimum atomic E-state index is -0.792. The molecule has 0 aliphatic carbocycles. The largest absolute Gasteiger partial charge is 0.463 e. The predicted octanol–water partition coefficient (Wildman–Crippen LogP) is 2.59. The van der Waals surface area contributed by atoms with Gasteiger partial charge in [-0.2, -0.15) is 0 Å². The highest BCUT2D eigenvalue weighted by Crippen LogP contribution is 2.28. The predicted molar refractivity (Wildman–Crippen MR) is 77.1 cm³/mol. The Morgan fingerprint density at radius 1 is 1.38 bits per heavy atom. The summed E-state index contributed by atoms with van der Waals surface area (Å²) in [4.78, 5) is 28.3. The Morgan fingerprint density at radius 2 is 2.14 bits per heavy atom. The topological polar surface area (TPSA) is 65.5 Å². The highest BCUT2D eigenvalue weighted by molar-refractivity contribution is 7.17. The first-order valence-electron chi connectivity index (χ1n) is 6.55. The molecule has 5 nitrogen and oxygen atoms in total. The zero-order valence-electron chi connectivity index (χ0n) is 11.4. The van der Waals surface area contributed by atoms with Gasteiger partial charge < -0.3 is 9.47 Å². The lowest BCUT2D eigenvalue weighted by Crippen LogP contribution is -2.22. The molecule has 1 aromatic carbocycles. The molecular weight excluding hydrogens is 290 g/mol. The van der Waals surface area contributed by atoms with Crippen LogP contribution in [-0.4, -0.2) is 29.6 Å². The van der Waals surface area contributed by atoms with Crippen LogP contribution in [0.1, 0.15) is 21.8 Å². The number of ether oxygens (including phenoxy) is 2. The molecule has 0 amide bonds. The second kappa shape index (κ2) is 5.65. The summed E-state index contributed by atoms with van der Waals surface area (Å²) >= 11 is 1.27. The van der Waals surface area contributed by atoms with Crippen LogP contribution >= 0.6 is 11.3 Å². The van der Waals surface area contributed by atoms with Crippen molar-refractivity contribution in [3.05, 3.63) is 40.9 Å². The van der Waals surface area contributed by atoms with Crippen LogP contribution in [0.3, 0.4) is 0 Å². The molecule has 3 rings (SSSR count). The lowest BCUT2D eigenvalue weighted by Gasteiger charge is -2.06. The van der Waals surface area contributed by atoms with E-state index in [0.29, 0.717) is 23.6 Å². The maximum Gasteiger partial charge on any atom is 0.351 e. The normalized spacial score (nSPS) is 17.6. The maximum absolute atomic E-state index is 12.2. The monoisotopic (exact) mass is 303 g/mol. The molecule has 6 heteroatoms. The molecular formula is C15H13NO4S. The van der Waals surface area contributed by atoms with Crippen molar-refractivity contribution < 1.29 is 19.1 Å². The molecule has 1 fully saturated rings. The van der Waals surface area contributed by atoms with E-state index in [-0.39, 0.29) is 0 Å². The van der Waals surface area contributed by atoms with Crippen molar-refractivity contribution in [2.75, 3.05) is 6.61 Å². The number of carbonyl (C=O) groups excluding carboxylic acids is 2. The molecule has 2 heterocycles. The minimum absolute atomic E-state index is 0.299. The first-order chi connectivity index (χ1) is 10.1. The van der Waals surface area contributed by atoms with Crippen LogP contribution in [0.25, 0.3) is 10.6 Å². The fourth-order valence-corrected chi connectivity index (χ4v) is 3.01. The first-order valence-corrected chi connectivity index (χ1v) is 7.37. The van der Waals surface area contributed by atoms with E-state index in [1.807, 2.05) is 30.3 Å². The van der Waals surface area contributed by atoms with Gasteiger partial charge in [-0.1, -0.05) is 30.3 Å². The second-order valence-electron chi connectivity index (χ2n) is 4.65. The molecule has 0 spiro atoms. The summed E-state index contributed by atoms with van der Waals surface area (Å²) in [6, 6.07) is 9.62. The van der Waals surface area contributed by atoms with Crippen molar-refractivity contribution in [3.63, 3.8) is 0 Å². The number of thiazole rings is 1. The molecule has 21 heavy (non-hydrogen) atoms. The van der Waals surface area contributed by atoms with Crippen LogP contribution in [0.5, 0.6) is 0 Å². The van der Waals surface area contributed by atoms with Gasteiger partial charge in [0.15, 0.2) is 0 Å². The summed E-state index contributed by atoms with van der Waals surface area (Å²) in [6.45, 7) is 2.06. The van der Waals surface area contributed by atoms with Gasteiger partial charge in [0.05, 0.1) is 12.3 Å². The molecule has 0 saturated carbocycles. The lowest BCUT2D eigenvalue weighted by molar-refractivity contribution is -0.145. The highest BCUT2D eigenvalue weighted by Gasteiger charge is 2.31. The van der Waals surface area contributed by atoms with E-state index in [1.165, 1.54) is 11.3 Å². The summed E-state index contributed by atoms with van der Waals surface area (Å²) in [7, 11) is 0. The van der Waals surface area contributed by atoms with Crippen LogP contribution in [0, 0.1) is 6.92 Å². The van der Waals surface area contributed by atoms with Gasteiger partial charge in [-0.05, 0) is 6.92 Å². The van der Waals surface area contributed by atoms with E-state index >= 15 is 0 Å². The number of benzene rings is 1. The van der Waals surface area contributed by atoms with Gasteiger partial charge in [-0.15, -0.1) is 11.3 Å². The highest BCUT2D eigenvalue weighted by atomic mass is 32.1. The molecule has 1 saturated heterocycles. The van der Waals surface area contributed by atoms with E-state index in [4.69, 9.17) is 9.47 Å². The Bertz CT molecular complexity index is 680. The average molecular weight is 303 g/mol. The van der Waals surface area contributed by atoms with E-state index in [1.54, 1.807) is 6.92 Å². The molecule has 2 aromatic rings. The molecule has 1 aromatic heterocycles. The maximum atomic E-state index is 12.2. The Kier molecular flexibility index (Phi) is 3.70. The van der Waals surface area contributed by atoms with Crippen molar-refractivity contribution in [1.82, 2.24) is 4.98 Å². The Hall–Kier alpha value is -2.21. The van der Waals surface area contributed by atoms with Gasteiger partial charge in [0, 0.05) is 12.0 Å². The van der Waals surface area contributed by atoms with Crippen molar-refractivity contribution in [2.45, 2.75) is 19.4 Å². The van der Waals surface area contributed by atoms with Gasteiger partial charge in [0.25, 0.3) is 0 Å². The fraction of sp³-hybridized carbons (Fsp3) is 0.267. The molecule has 0 N–H and O–H groups in total. The molecule has 0 unspecified atom stereocenters. The van der Waals surface area contributed by atoms with Gasteiger partial charge in [-0.25, -0.2) is 14.6 Å². The third-order valence-electron chi connectivity index (χ3n) is 3.14. The van der Waals surface area contributed by atoms with Crippen LogP contribution < -0.4 is 0 Å². The number of carbonyl (C=O) groups is 2. The van der Waals surface area contributed by atoms with Crippen molar-refractivity contribution in [1.29, 1.82) is 0 Å². The Balaban J connectivity index is 1.81. The summed E-state index contributed by atoms with van der Waals surface area (Å²) in [5, 5.41) is 0.758. The Morgan fingerprint density at radius 3 is 2.81 bits per heavy atom. The average Bonchev–Trinajstić information content (AvgIpc) is 3.06. The summed E-state index contributed by atoms with van der Waals surface area (Å²) < 4.78 is 9.98. The fourth-order valence-electron chi connectivity index (χ4n) is 2.06. The zero-order valence-corrected chi connectivity index (χ0v) is 12.2. The molecule has 1 atom stereocenters. The van der Waals surface area contributed by atoms with E-state index in [9.17, 15) is 9.59 Å². The number of hydrogen-bond acceptors (Lipinski definition) is 6. The van der Waals surface area contributed by atoms with Crippen LogP contribution in [0.15, 0.2) is 30.3 Å². The van der Waals surface area contributed by atoms with Gasteiger partial charge in [0.1, 0.15) is 9.88 Å². The number of esters is 2. The molecule has 1 aliphatic rings. The van der Waals surface area contributed by atoms with E-state index in [0.717, 1.165) is 10.6 Å². The van der Waals surface area contributed by atoms with E-state index in [2.05, 4.69) is 4.98 Å². The number of aryl methyl sites for hydroxylation is 1. The summed E-state index contributed by atoms with van der Waals surface area (Å²) in [5.41, 5.74) is 1.56. The van der Waals surface area contributed by atoms with Crippen LogP contribution in [0.2, 0.25) is 0 Å². The van der Waals surface area contributed by atoms with Crippen LogP contribution in [0.4, 0.5) is 0 Å². The van der Waals surface area contributed by atoms with Crippen molar-refractivity contribution in [3.8, 4) is 10.6 Å². The lowest BCUT2D eigenvalue weighted by atomic mass is 10.2. The van der Waals surface area contributed by atoms with Gasteiger partial charge >= 0.3 is 11.9 Å². The third kappa shape index (κ3) is 2.80. The van der Waals surface area contributed by atoms with Crippen molar-refractivity contribution >= 4 is 23.3 Å². The summed E-state index contributed by atoms with van der Waals surface area (Å²) in [6.07, 6.45) is -0.382. The van der Waals surface area contributed by atoms with Crippen molar-refractivity contribution in [2.24, 2.45) is 0 Å². The van der Waals surface area contributed by atoms with E-state index < -0.39 is 18.0 Å². The molecule has 0 radical (unpaired) electrons. The number of aromatic nitrogens is 1. The molecule has 1 aliphatic heterocycles. The third-order valence-corrected chi connectivity index (χ3v) is 4.33. The smallest absolute Gasteiger partial charge is 0.351 e. The first kappa shape index (κ1) is 13.8. The standard InChI is InChI=1S/C15H13NO4S/c1-9-12(15(18)20-11-7-8-19-14(11)17)21-13(16-9)10-5-3-2-4-6-10/h2-6,11H,7-8H2,1H3/t11-/m1/s1. The molecule has 0 bridgehead atoms. The number of cyclic esters (lactones) is 1. The summed E-state index contributed by atoms with van der Waals surface area (Å²) in [5.74, 6) is -0.996. The van der Waals surface area contributed by atoms with Gasteiger partial charge in [-0.3, -0.25) is 0 Å².